The molecule has 8 heteroatoms. The lowest BCUT2D eigenvalue weighted by atomic mass is 9.88. The first-order valence-electron chi connectivity index (χ1n) is 11.8. The number of aromatic hydroxyl groups is 1. The summed E-state index contributed by atoms with van der Waals surface area (Å²) in [5.41, 5.74) is 0.575. The van der Waals surface area contributed by atoms with Crippen molar-refractivity contribution in [1.82, 2.24) is 15.5 Å². The van der Waals surface area contributed by atoms with Gasteiger partial charge in [0.25, 0.3) is 0 Å². The molecular weight excluding hydrogens is 422 g/mol. The van der Waals surface area contributed by atoms with Crippen LogP contribution in [0, 0.1) is 6.92 Å². The molecule has 1 aliphatic rings. The number of amides is 3. The number of nitrogens with zero attached hydrogens (tertiary/aromatic N) is 1. The number of carbonyl (C=O) groups excluding carboxylic acids is 3. The maximum atomic E-state index is 13.5. The van der Waals surface area contributed by atoms with E-state index in [1.54, 1.807) is 50.8 Å². The molecule has 0 aliphatic heterocycles. The van der Waals surface area contributed by atoms with Crippen LogP contribution in [0.25, 0.3) is 0 Å². The maximum absolute atomic E-state index is 13.5. The number of phenolic OH excluding ortho intramolecular Hbond substituents is 1. The number of rotatable bonds is 9. The predicted octanol–water partition coefficient (Wildman–Crippen LogP) is 3.95. The molecule has 1 saturated carbocycles. The van der Waals surface area contributed by atoms with Gasteiger partial charge in [0.05, 0.1) is 0 Å². The van der Waals surface area contributed by atoms with Crippen molar-refractivity contribution >= 4 is 17.9 Å². The summed E-state index contributed by atoms with van der Waals surface area (Å²) in [6.45, 7) is 10.7. The van der Waals surface area contributed by atoms with Crippen molar-refractivity contribution in [2.24, 2.45) is 0 Å². The van der Waals surface area contributed by atoms with Crippen molar-refractivity contribution in [3.63, 3.8) is 0 Å². The van der Waals surface area contributed by atoms with Gasteiger partial charge in [0.15, 0.2) is 0 Å². The van der Waals surface area contributed by atoms with Crippen LogP contribution in [-0.4, -0.2) is 52.1 Å². The summed E-state index contributed by atoms with van der Waals surface area (Å²) in [6, 6.07) is 3.97. The Kier molecular flexibility index (Phi) is 9.14. The van der Waals surface area contributed by atoms with Crippen LogP contribution in [0.5, 0.6) is 5.75 Å². The SMILES string of the molecule is CCCC(C)NC(=O)C(c1ccc(O)c(C)c1)N(C(=O)CNC(=O)OC(C)(C)C)C1CCC1. The van der Waals surface area contributed by atoms with Gasteiger partial charge in [0.2, 0.25) is 11.8 Å². The van der Waals surface area contributed by atoms with E-state index < -0.39 is 17.7 Å². The van der Waals surface area contributed by atoms with Crippen LogP contribution in [0.2, 0.25) is 0 Å². The quantitative estimate of drug-likeness (QED) is 0.516. The fourth-order valence-electron chi connectivity index (χ4n) is 3.89. The Hall–Kier alpha value is -2.77. The molecular formula is C25H39N3O5. The second-order valence-corrected chi connectivity index (χ2v) is 9.89. The molecule has 1 aromatic carbocycles. The molecule has 184 valence electrons. The van der Waals surface area contributed by atoms with Crippen molar-refractivity contribution in [1.29, 1.82) is 0 Å². The number of benzene rings is 1. The molecule has 3 N–H and O–H groups in total. The van der Waals surface area contributed by atoms with Gasteiger partial charge in [-0.25, -0.2) is 4.79 Å². The number of hydrogen-bond acceptors (Lipinski definition) is 5. The fourth-order valence-corrected chi connectivity index (χ4v) is 3.89. The molecule has 1 aromatic rings. The Morgan fingerprint density at radius 1 is 1.24 bits per heavy atom. The summed E-state index contributed by atoms with van der Waals surface area (Å²) in [5, 5.41) is 15.6. The van der Waals surface area contributed by atoms with Gasteiger partial charge in [0.1, 0.15) is 23.9 Å². The number of ether oxygens (including phenoxy) is 1. The lowest BCUT2D eigenvalue weighted by Gasteiger charge is -2.42. The Balaban J connectivity index is 2.33. The van der Waals surface area contributed by atoms with Crippen LogP contribution in [0.15, 0.2) is 18.2 Å². The van der Waals surface area contributed by atoms with E-state index in [1.165, 1.54) is 0 Å². The van der Waals surface area contributed by atoms with Crippen molar-refractivity contribution in [3.05, 3.63) is 29.3 Å². The van der Waals surface area contributed by atoms with Crippen LogP contribution < -0.4 is 10.6 Å². The highest BCUT2D eigenvalue weighted by Gasteiger charge is 2.39. The average molecular weight is 462 g/mol. The Morgan fingerprint density at radius 3 is 2.42 bits per heavy atom. The van der Waals surface area contributed by atoms with E-state index in [0.717, 1.165) is 32.1 Å². The zero-order valence-electron chi connectivity index (χ0n) is 20.7. The van der Waals surface area contributed by atoms with Crippen molar-refractivity contribution in [2.75, 3.05) is 6.54 Å². The summed E-state index contributed by atoms with van der Waals surface area (Å²) in [6.07, 6.45) is 3.64. The van der Waals surface area contributed by atoms with Gasteiger partial charge in [-0.1, -0.05) is 19.4 Å². The Bertz CT molecular complexity index is 845. The fraction of sp³-hybridized carbons (Fsp3) is 0.640. The summed E-state index contributed by atoms with van der Waals surface area (Å²) in [7, 11) is 0. The molecule has 2 unspecified atom stereocenters. The zero-order valence-corrected chi connectivity index (χ0v) is 20.7. The molecule has 1 fully saturated rings. The number of nitrogens with one attached hydrogen (secondary N) is 2. The second-order valence-electron chi connectivity index (χ2n) is 9.89. The molecule has 1 aliphatic carbocycles. The Morgan fingerprint density at radius 2 is 1.91 bits per heavy atom. The van der Waals surface area contributed by atoms with E-state index in [0.29, 0.717) is 11.1 Å². The first kappa shape index (κ1) is 26.5. The summed E-state index contributed by atoms with van der Waals surface area (Å²) < 4.78 is 5.24. The highest BCUT2D eigenvalue weighted by atomic mass is 16.6. The van der Waals surface area contributed by atoms with Gasteiger partial charge in [-0.3, -0.25) is 9.59 Å². The topological polar surface area (TPSA) is 108 Å². The van der Waals surface area contributed by atoms with Crippen molar-refractivity contribution in [2.45, 2.75) is 97.4 Å². The lowest BCUT2D eigenvalue weighted by Crippen LogP contribution is -2.54. The summed E-state index contributed by atoms with van der Waals surface area (Å²) in [5.74, 6) is -0.483. The van der Waals surface area contributed by atoms with Gasteiger partial charge in [-0.2, -0.15) is 0 Å². The van der Waals surface area contributed by atoms with Crippen molar-refractivity contribution < 1.29 is 24.2 Å². The van der Waals surface area contributed by atoms with Crippen LogP contribution in [0.3, 0.4) is 0 Å². The minimum absolute atomic E-state index is 0.0403. The molecule has 2 atom stereocenters. The number of alkyl carbamates (subject to hydrolysis) is 1. The number of hydrogen-bond donors (Lipinski definition) is 3. The molecule has 33 heavy (non-hydrogen) atoms. The van der Waals surface area contributed by atoms with Crippen LogP contribution in [-0.2, 0) is 14.3 Å². The molecule has 0 radical (unpaired) electrons. The normalized spacial score (nSPS) is 15.7. The average Bonchev–Trinajstić information content (AvgIpc) is 2.65. The standard InChI is InChI=1S/C25H39N3O5/c1-7-9-17(3)27-23(31)22(18-12-13-20(29)16(2)14-18)28(19-10-8-11-19)21(30)15-26-24(32)33-25(4,5)6/h12-14,17,19,22,29H,7-11,15H2,1-6H3,(H,26,32)(H,27,31). The molecule has 0 spiro atoms. The molecule has 8 nitrogen and oxygen atoms in total. The van der Waals surface area contributed by atoms with Gasteiger partial charge in [-0.15, -0.1) is 0 Å². The van der Waals surface area contributed by atoms with E-state index in [2.05, 4.69) is 17.6 Å². The van der Waals surface area contributed by atoms with Gasteiger partial charge >= 0.3 is 6.09 Å². The Labute approximate surface area is 197 Å². The third-order valence-electron chi connectivity index (χ3n) is 5.71. The number of aryl methyl sites for hydroxylation is 1. The zero-order chi connectivity index (χ0) is 24.8. The first-order valence-corrected chi connectivity index (χ1v) is 11.8. The minimum atomic E-state index is -0.859. The third-order valence-corrected chi connectivity index (χ3v) is 5.71. The highest BCUT2D eigenvalue weighted by Crippen LogP contribution is 2.34. The lowest BCUT2D eigenvalue weighted by molar-refractivity contribution is -0.145. The van der Waals surface area contributed by atoms with Gasteiger partial charge in [-0.05, 0) is 83.6 Å². The molecule has 0 heterocycles. The molecule has 0 bridgehead atoms. The number of carbonyl (C=O) groups is 3. The maximum Gasteiger partial charge on any atom is 0.408 e. The molecule has 3 amide bonds. The largest absolute Gasteiger partial charge is 0.508 e. The molecule has 0 saturated heterocycles. The monoisotopic (exact) mass is 461 g/mol. The van der Waals surface area contributed by atoms with Crippen LogP contribution in [0.4, 0.5) is 4.79 Å². The van der Waals surface area contributed by atoms with Gasteiger partial charge in [0, 0.05) is 12.1 Å². The minimum Gasteiger partial charge on any atom is -0.508 e. The van der Waals surface area contributed by atoms with Crippen LogP contribution >= 0.6 is 0 Å². The van der Waals surface area contributed by atoms with E-state index in [9.17, 15) is 19.5 Å². The smallest absolute Gasteiger partial charge is 0.408 e. The van der Waals surface area contributed by atoms with E-state index in [4.69, 9.17) is 4.74 Å². The van der Waals surface area contributed by atoms with E-state index in [-0.39, 0.29) is 36.2 Å². The van der Waals surface area contributed by atoms with E-state index in [1.807, 2.05) is 6.92 Å². The van der Waals surface area contributed by atoms with Crippen molar-refractivity contribution in [3.8, 4) is 5.75 Å². The highest BCUT2D eigenvalue weighted by molar-refractivity contribution is 5.91. The summed E-state index contributed by atoms with van der Waals surface area (Å²) in [4.78, 5) is 40.5. The molecule has 2 rings (SSSR count). The summed E-state index contributed by atoms with van der Waals surface area (Å²) >= 11 is 0. The van der Waals surface area contributed by atoms with Gasteiger partial charge < -0.3 is 25.4 Å². The second kappa shape index (κ2) is 11.4. The first-order chi connectivity index (χ1) is 15.4. The number of phenols is 1. The van der Waals surface area contributed by atoms with Crippen LogP contribution in [0.1, 0.15) is 83.9 Å². The van der Waals surface area contributed by atoms with E-state index >= 15 is 0 Å². The third kappa shape index (κ3) is 7.65. The predicted molar refractivity (Wildman–Crippen MR) is 127 cm³/mol. The molecule has 0 aromatic heterocycles.